The van der Waals surface area contributed by atoms with Crippen LogP contribution >= 0.6 is 12.2 Å². The summed E-state index contributed by atoms with van der Waals surface area (Å²) in [5.41, 5.74) is 6.48. The van der Waals surface area contributed by atoms with Gasteiger partial charge in [-0.3, -0.25) is 0 Å². The van der Waals surface area contributed by atoms with Gasteiger partial charge in [0.2, 0.25) is 0 Å². The summed E-state index contributed by atoms with van der Waals surface area (Å²) in [5.74, 6) is 0.774. The fourth-order valence-corrected chi connectivity index (χ4v) is 1.96. The average molecular weight is 295 g/mol. The summed E-state index contributed by atoms with van der Waals surface area (Å²) in [7, 11) is 6.31. The monoisotopic (exact) mass is 295 g/mol. The van der Waals surface area contributed by atoms with E-state index in [0.29, 0.717) is 11.6 Å². The number of likely N-dealkylation sites (N-methyl/N-ethyl adjacent to an activating group) is 2. The van der Waals surface area contributed by atoms with Crippen molar-refractivity contribution in [3.05, 3.63) is 29.8 Å². The van der Waals surface area contributed by atoms with Crippen LogP contribution in [0.1, 0.15) is 12.0 Å². The van der Waals surface area contributed by atoms with Crippen molar-refractivity contribution in [3.8, 4) is 5.75 Å². The molecule has 0 saturated heterocycles. The van der Waals surface area contributed by atoms with Crippen LogP contribution in [0.3, 0.4) is 0 Å². The van der Waals surface area contributed by atoms with E-state index in [1.54, 1.807) is 0 Å². The molecule has 0 radical (unpaired) electrons. The molecule has 0 aliphatic rings. The smallest absolute Gasteiger partial charge is 0.129 e. The quantitative estimate of drug-likeness (QED) is 0.553. The van der Waals surface area contributed by atoms with Crippen LogP contribution in [-0.2, 0) is 0 Å². The van der Waals surface area contributed by atoms with Gasteiger partial charge in [0.1, 0.15) is 10.7 Å². The highest BCUT2D eigenvalue weighted by molar-refractivity contribution is 7.80. The molecule has 0 aliphatic carbocycles. The first-order valence-corrected chi connectivity index (χ1v) is 7.26. The van der Waals surface area contributed by atoms with Crippen LogP contribution < -0.4 is 10.5 Å². The zero-order chi connectivity index (χ0) is 15.0. The second kappa shape index (κ2) is 8.89. The molecule has 0 bridgehead atoms. The summed E-state index contributed by atoms with van der Waals surface area (Å²) < 4.78 is 5.77. The van der Waals surface area contributed by atoms with Gasteiger partial charge in [-0.05, 0) is 39.7 Å². The summed E-state index contributed by atoms with van der Waals surface area (Å²) in [6.07, 6.45) is 0.982. The maximum Gasteiger partial charge on any atom is 0.129 e. The molecule has 0 aromatic heterocycles. The number of thiocarbonyl (C=S) groups is 1. The van der Waals surface area contributed by atoms with Crippen molar-refractivity contribution in [2.75, 3.05) is 47.4 Å². The molecule has 5 heteroatoms. The van der Waals surface area contributed by atoms with Gasteiger partial charge in [0.05, 0.1) is 12.2 Å². The number of benzene rings is 1. The lowest BCUT2D eigenvalue weighted by Gasteiger charge is -2.19. The van der Waals surface area contributed by atoms with Crippen molar-refractivity contribution >= 4 is 17.2 Å². The first-order chi connectivity index (χ1) is 9.50. The maximum absolute atomic E-state index is 5.77. The largest absolute Gasteiger partial charge is 0.493 e. The number of ether oxygens (including phenoxy) is 1. The molecule has 1 aromatic carbocycles. The van der Waals surface area contributed by atoms with Crippen molar-refractivity contribution in [2.45, 2.75) is 6.42 Å². The minimum Gasteiger partial charge on any atom is -0.493 e. The molecule has 2 N–H and O–H groups in total. The molecule has 20 heavy (non-hydrogen) atoms. The molecule has 0 fully saturated rings. The number of rotatable bonds is 9. The van der Waals surface area contributed by atoms with Crippen LogP contribution in [0.4, 0.5) is 0 Å². The van der Waals surface area contributed by atoms with Gasteiger partial charge in [0.15, 0.2) is 0 Å². The van der Waals surface area contributed by atoms with E-state index in [4.69, 9.17) is 22.7 Å². The Morgan fingerprint density at radius 1 is 1.15 bits per heavy atom. The Morgan fingerprint density at radius 3 is 2.50 bits per heavy atom. The molecule has 0 unspecified atom stereocenters. The Labute approximate surface area is 127 Å². The van der Waals surface area contributed by atoms with Crippen LogP contribution in [0.5, 0.6) is 5.75 Å². The second-order valence-corrected chi connectivity index (χ2v) is 5.61. The highest BCUT2D eigenvalue weighted by Crippen LogP contribution is 2.17. The zero-order valence-electron chi connectivity index (χ0n) is 12.6. The summed E-state index contributed by atoms with van der Waals surface area (Å²) >= 11 is 5.01. The Hall–Kier alpha value is -1.17. The van der Waals surface area contributed by atoms with E-state index in [9.17, 15) is 0 Å². The Morgan fingerprint density at radius 2 is 1.85 bits per heavy atom. The molecular formula is C15H25N3OS. The molecule has 0 aliphatic heterocycles. The second-order valence-electron chi connectivity index (χ2n) is 5.17. The Balaban J connectivity index is 2.29. The lowest BCUT2D eigenvalue weighted by atomic mass is 10.2. The van der Waals surface area contributed by atoms with Crippen molar-refractivity contribution < 1.29 is 4.74 Å². The number of nitrogens with two attached hydrogens (primary N) is 1. The fraction of sp³-hybridized carbons (Fsp3) is 0.533. The van der Waals surface area contributed by atoms with E-state index in [0.717, 1.165) is 37.4 Å². The first kappa shape index (κ1) is 16.9. The zero-order valence-corrected chi connectivity index (χ0v) is 13.4. The summed E-state index contributed by atoms with van der Waals surface area (Å²) in [6, 6.07) is 7.64. The van der Waals surface area contributed by atoms with Crippen molar-refractivity contribution in [1.29, 1.82) is 0 Å². The van der Waals surface area contributed by atoms with Gasteiger partial charge in [-0.2, -0.15) is 0 Å². The molecule has 0 spiro atoms. The first-order valence-electron chi connectivity index (χ1n) is 6.85. The van der Waals surface area contributed by atoms with Crippen LogP contribution in [0.15, 0.2) is 24.3 Å². The van der Waals surface area contributed by atoms with Crippen molar-refractivity contribution in [3.63, 3.8) is 0 Å². The topological polar surface area (TPSA) is 41.7 Å². The molecule has 0 amide bonds. The van der Waals surface area contributed by atoms with E-state index < -0.39 is 0 Å². The van der Waals surface area contributed by atoms with Crippen LogP contribution in [-0.4, -0.2) is 62.2 Å². The highest BCUT2D eigenvalue weighted by atomic mass is 32.1. The van der Waals surface area contributed by atoms with Crippen molar-refractivity contribution in [2.24, 2.45) is 5.73 Å². The lowest BCUT2D eigenvalue weighted by molar-refractivity contribution is 0.245. The molecule has 0 saturated carbocycles. The molecule has 4 nitrogen and oxygen atoms in total. The number of hydrogen-bond acceptors (Lipinski definition) is 4. The number of hydrogen-bond donors (Lipinski definition) is 1. The lowest BCUT2D eigenvalue weighted by Crippen LogP contribution is -2.30. The summed E-state index contributed by atoms with van der Waals surface area (Å²) in [5, 5.41) is 0. The molecule has 1 aromatic rings. The van der Waals surface area contributed by atoms with Gasteiger partial charge >= 0.3 is 0 Å². The van der Waals surface area contributed by atoms with Gasteiger partial charge in [-0.25, -0.2) is 0 Å². The minimum absolute atomic E-state index is 0.378. The Bertz CT molecular complexity index is 423. The summed E-state index contributed by atoms with van der Waals surface area (Å²) in [6.45, 7) is 3.83. The number of nitrogens with zero attached hydrogens (tertiary/aromatic N) is 2. The predicted octanol–water partition coefficient (Wildman–Crippen LogP) is 1.58. The Kier molecular flexibility index (Phi) is 7.51. The molecule has 0 atom stereocenters. The average Bonchev–Trinajstić information content (AvgIpc) is 2.41. The summed E-state index contributed by atoms with van der Waals surface area (Å²) in [4.78, 5) is 4.87. The van der Waals surface area contributed by atoms with Crippen LogP contribution in [0, 0.1) is 0 Å². The third kappa shape index (κ3) is 6.32. The van der Waals surface area contributed by atoms with Crippen LogP contribution in [0.25, 0.3) is 0 Å². The van der Waals surface area contributed by atoms with Gasteiger partial charge in [-0.15, -0.1) is 0 Å². The van der Waals surface area contributed by atoms with Gasteiger partial charge in [0, 0.05) is 19.6 Å². The fourth-order valence-electron chi connectivity index (χ4n) is 1.80. The van der Waals surface area contributed by atoms with E-state index in [-0.39, 0.29) is 0 Å². The van der Waals surface area contributed by atoms with E-state index >= 15 is 0 Å². The van der Waals surface area contributed by atoms with Crippen molar-refractivity contribution in [1.82, 2.24) is 9.80 Å². The molecular weight excluding hydrogens is 270 g/mol. The van der Waals surface area contributed by atoms with Crippen LogP contribution in [0.2, 0.25) is 0 Å². The third-order valence-corrected chi connectivity index (χ3v) is 3.24. The highest BCUT2D eigenvalue weighted by Gasteiger charge is 2.05. The van der Waals surface area contributed by atoms with E-state index in [1.165, 1.54) is 0 Å². The molecule has 1 rings (SSSR count). The van der Waals surface area contributed by atoms with Gasteiger partial charge in [0.25, 0.3) is 0 Å². The van der Waals surface area contributed by atoms with Gasteiger partial charge < -0.3 is 20.3 Å². The standard InChI is InChI=1S/C15H25N3OS/c1-17(2)10-11-18(3)9-6-12-19-14-8-5-4-7-13(14)15(16)20/h4-5,7-8H,6,9-12H2,1-3H3,(H2,16,20). The number of para-hydroxylation sites is 1. The van der Waals surface area contributed by atoms with Gasteiger partial charge in [-0.1, -0.05) is 24.4 Å². The normalized spacial score (nSPS) is 11.1. The molecule has 112 valence electrons. The third-order valence-electron chi connectivity index (χ3n) is 3.02. The van der Waals surface area contributed by atoms with E-state index in [2.05, 4.69) is 30.9 Å². The maximum atomic E-state index is 5.77. The van der Waals surface area contributed by atoms with E-state index in [1.807, 2.05) is 24.3 Å². The minimum atomic E-state index is 0.378. The predicted molar refractivity (Wildman–Crippen MR) is 88.5 cm³/mol. The molecule has 0 heterocycles. The SMILES string of the molecule is CN(C)CCN(C)CCCOc1ccccc1C(N)=S.